The number of morpholine rings is 1. The molecule has 0 bridgehead atoms. The van der Waals surface area contributed by atoms with Gasteiger partial charge in [-0.25, -0.2) is 4.39 Å². The summed E-state index contributed by atoms with van der Waals surface area (Å²) in [7, 11) is 1.47. The molecule has 1 heterocycles. The van der Waals surface area contributed by atoms with E-state index in [2.05, 4.69) is 4.90 Å². The second kappa shape index (κ2) is 4.92. The molecule has 0 radical (unpaired) electrons. The van der Waals surface area contributed by atoms with Crippen molar-refractivity contribution in [3.63, 3.8) is 0 Å². The van der Waals surface area contributed by atoms with E-state index in [1.165, 1.54) is 13.2 Å². The minimum absolute atomic E-state index is 0.170. The van der Waals surface area contributed by atoms with Crippen LogP contribution < -0.4 is 9.64 Å². The van der Waals surface area contributed by atoms with Gasteiger partial charge in [0.25, 0.3) is 0 Å². The minimum Gasteiger partial charge on any atom is -0.494 e. The van der Waals surface area contributed by atoms with E-state index in [0.29, 0.717) is 0 Å². The first-order valence-electron chi connectivity index (χ1n) is 5.84. The van der Waals surface area contributed by atoms with Crippen molar-refractivity contribution >= 4 is 5.69 Å². The van der Waals surface area contributed by atoms with E-state index >= 15 is 0 Å². The monoisotopic (exact) mass is 239 g/mol. The van der Waals surface area contributed by atoms with Crippen molar-refractivity contribution in [3.05, 3.63) is 24.0 Å². The predicted molar refractivity (Wildman–Crippen MR) is 65.2 cm³/mol. The number of rotatable bonds is 2. The summed E-state index contributed by atoms with van der Waals surface area (Å²) >= 11 is 0. The molecule has 94 valence electrons. The molecule has 2 atom stereocenters. The molecule has 1 fully saturated rings. The predicted octanol–water partition coefficient (Wildman–Crippen LogP) is 2.45. The average molecular weight is 239 g/mol. The third-order valence-electron chi connectivity index (χ3n) is 2.92. The highest BCUT2D eigenvalue weighted by molar-refractivity contribution is 5.50. The molecule has 1 saturated heterocycles. The van der Waals surface area contributed by atoms with Gasteiger partial charge in [0.05, 0.1) is 19.3 Å². The fraction of sp³-hybridized carbons (Fsp3) is 0.538. The molecule has 0 saturated carbocycles. The van der Waals surface area contributed by atoms with Gasteiger partial charge in [0.2, 0.25) is 0 Å². The molecule has 0 aliphatic carbocycles. The van der Waals surface area contributed by atoms with Gasteiger partial charge in [-0.15, -0.1) is 0 Å². The Hall–Kier alpha value is -1.29. The molecule has 17 heavy (non-hydrogen) atoms. The molecule has 4 heteroatoms. The van der Waals surface area contributed by atoms with Gasteiger partial charge >= 0.3 is 0 Å². The highest BCUT2D eigenvalue weighted by Gasteiger charge is 2.22. The van der Waals surface area contributed by atoms with Crippen LogP contribution >= 0.6 is 0 Å². The summed E-state index contributed by atoms with van der Waals surface area (Å²) < 4.78 is 24.2. The zero-order chi connectivity index (χ0) is 12.4. The van der Waals surface area contributed by atoms with E-state index in [4.69, 9.17) is 9.47 Å². The van der Waals surface area contributed by atoms with Gasteiger partial charge in [-0.2, -0.15) is 0 Å². The quantitative estimate of drug-likeness (QED) is 0.791. The van der Waals surface area contributed by atoms with Crippen LogP contribution in [0.15, 0.2) is 18.2 Å². The topological polar surface area (TPSA) is 21.7 Å². The van der Waals surface area contributed by atoms with Crippen LogP contribution in [0.1, 0.15) is 13.8 Å². The Labute approximate surface area is 101 Å². The van der Waals surface area contributed by atoms with Gasteiger partial charge in [-0.3, -0.25) is 0 Å². The second-order valence-electron chi connectivity index (χ2n) is 4.48. The molecule has 0 N–H and O–H groups in total. The van der Waals surface area contributed by atoms with Crippen LogP contribution in [0.3, 0.4) is 0 Å². The van der Waals surface area contributed by atoms with E-state index in [-0.39, 0.29) is 23.8 Å². The summed E-state index contributed by atoms with van der Waals surface area (Å²) in [6.07, 6.45) is 0.341. The van der Waals surface area contributed by atoms with Gasteiger partial charge in [-0.05, 0) is 26.0 Å². The van der Waals surface area contributed by atoms with Crippen molar-refractivity contribution in [2.24, 2.45) is 0 Å². The molecule has 0 spiro atoms. The third-order valence-corrected chi connectivity index (χ3v) is 2.92. The van der Waals surface area contributed by atoms with Crippen LogP contribution in [-0.4, -0.2) is 32.4 Å². The molecule has 0 aromatic heterocycles. The fourth-order valence-electron chi connectivity index (χ4n) is 2.24. The van der Waals surface area contributed by atoms with Crippen molar-refractivity contribution in [1.29, 1.82) is 0 Å². The second-order valence-corrected chi connectivity index (χ2v) is 4.48. The Morgan fingerprint density at radius 1 is 1.29 bits per heavy atom. The number of benzene rings is 1. The maximum absolute atomic E-state index is 13.6. The number of methoxy groups -OCH3 is 1. The average Bonchev–Trinajstić information content (AvgIpc) is 2.27. The summed E-state index contributed by atoms with van der Waals surface area (Å²) in [4.78, 5) is 2.14. The molecule has 1 aromatic rings. The number of halogens is 1. The lowest BCUT2D eigenvalue weighted by atomic mass is 10.2. The normalized spacial score (nSPS) is 24.8. The van der Waals surface area contributed by atoms with Gasteiger partial charge < -0.3 is 14.4 Å². The van der Waals surface area contributed by atoms with Crippen molar-refractivity contribution in [3.8, 4) is 5.75 Å². The molecule has 1 aliphatic heterocycles. The van der Waals surface area contributed by atoms with Crippen LogP contribution in [0.25, 0.3) is 0 Å². The fourth-order valence-corrected chi connectivity index (χ4v) is 2.24. The van der Waals surface area contributed by atoms with Crippen molar-refractivity contribution in [1.82, 2.24) is 0 Å². The number of ether oxygens (including phenoxy) is 2. The highest BCUT2D eigenvalue weighted by atomic mass is 19.1. The van der Waals surface area contributed by atoms with Gasteiger partial charge in [0.15, 0.2) is 11.6 Å². The molecular formula is C13H18FNO2. The first-order chi connectivity index (χ1) is 8.10. The van der Waals surface area contributed by atoms with Gasteiger partial charge in [0, 0.05) is 24.8 Å². The molecule has 3 nitrogen and oxygen atoms in total. The van der Waals surface area contributed by atoms with Crippen LogP contribution in [0.2, 0.25) is 0 Å². The largest absolute Gasteiger partial charge is 0.494 e. The number of anilines is 1. The van der Waals surface area contributed by atoms with E-state index in [9.17, 15) is 4.39 Å². The summed E-state index contributed by atoms with van der Waals surface area (Å²) in [5.74, 6) is -0.0418. The summed E-state index contributed by atoms with van der Waals surface area (Å²) in [6.45, 7) is 5.64. The molecule has 2 rings (SSSR count). The van der Waals surface area contributed by atoms with E-state index in [1.807, 2.05) is 19.9 Å². The van der Waals surface area contributed by atoms with E-state index < -0.39 is 0 Å². The third kappa shape index (κ3) is 2.69. The Morgan fingerprint density at radius 3 is 2.47 bits per heavy atom. The summed E-state index contributed by atoms with van der Waals surface area (Å²) in [6, 6.07) is 5.06. The first kappa shape index (κ1) is 12.2. The standard InChI is InChI=1S/C13H18FNO2/c1-9-7-15(8-10(2)17-9)11-4-5-13(16-3)12(14)6-11/h4-6,9-10H,7-8H2,1-3H3/t9-,10+. The van der Waals surface area contributed by atoms with Crippen molar-refractivity contribution in [2.45, 2.75) is 26.1 Å². The summed E-state index contributed by atoms with van der Waals surface area (Å²) in [5.41, 5.74) is 0.880. The lowest BCUT2D eigenvalue weighted by Gasteiger charge is -2.36. The maximum Gasteiger partial charge on any atom is 0.167 e. The Morgan fingerprint density at radius 2 is 1.94 bits per heavy atom. The lowest BCUT2D eigenvalue weighted by molar-refractivity contribution is -0.00523. The Bertz CT molecular complexity index is 387. The first-order valence-corrected chi connectivity index (χ1v) is 5.84. The SMILES string of the molecule is COc1ccc(N2C[C@@H](C)O[C@@H](C)C2)cc1F. The van der Waals surface area contributed by atoms with Crippen LogP contribution in [-0.2, 0) is 4.74 Å². The maximum atomic E-state index is 13.6. The van der Waals surface area contributed by atoms with Crippen LogP contribution in [0.4, 0.5) is 10.1 Å². The van der Waals surface area contributed by atoms with Gasteiger partial charge in [0.1, 0.15) is 0 Å². The Balaban J connectivity index is 2.19. The number of hydrogen-bond donors (Lipinski definition) is 0. The number of hydrogen-bond acceptors (Lipinski definition) is 3. The highest BCUT2D eigenvalue weighted by Crippen LogP contribution is 2.25. The van der Waals surface area contributed by atoms with Gasteiger partial charge in [-0.1, -0.05) is 0 Å². The molecule has 1 aliphatic rings. The minimum atomic E-state index is -0.322. The molecule has 0 unspecified atom stereocenters. The zero-order valence-corrected chi connectivity index (χ0v) is 10.4. The molecule has 0 amide bonds. The smallest absolute Gasteiger partial charge is 0.167 e. The van der Waals surface area contributed by atoms with E-state index in [1.54, 1.807) is 6.07 Å². The summed E-state index contributed by atoms with van der Waals surface area (Å²) in [5, 5.41) is 0. The Kier molecular flexibility index (Phi) is 3.52. The van der Waals surface area contributed by atoms with Crippen molar-refractivity contribution < 1.29 is 13.9 Å². The van der Waals surface area contributed by atoms with Crippen LogP contribution in [0.5, 0.6) is 5.75 Å². The zero-order valence-electron chi connectivity index (χ0n) is 10.4. The molecular weight excluding hydrogens is 221 g/mol. The van der Waals surface area contributed by atoms with Crippen LogP contribution in [0, 0.1) is 5.82 Å². The van der Waals surface area contributed by atoms with E-state index in [0.717, 1.165) is 18.8 Å². The number of nitrogens with zero attached hydrogens (tertiary/aromatic N) is 1. The van der Waals surface area contributed by atoms with Crippen molar-refractivity contribution in [2.75, 3.05) is 25.1 Å². The lowest BCUT2D eigenvalue weighted by Crippen LogP contribution is -2.45. The molecule has 1 aromatic carbocycles.